The van der Waals surface area contributed by atoms with Crippen molar-refractivity contribution in [2.24, 2.45) is 5.92 Å². The minimum absolute atomic E-state index is 0.203. The molecule has 0 saturated heterocycles. The molecule has 1 fully saturated rings. The molecule has 1 aliphatic rings. The van der Waals surface area contributed by atoms with Crippen molar-refractivity contribution in [3.8, 4) is 0 Å². The van der Waals surface area contributed by atoms with Crippen LogP contribution in [-0.2, 0) is 11.3 Å². The number of benzene rings is 1. The van der Waals surface area contributed by atoms with Gasteiger partial charge >= 0.3 is 0 Å². The number of amides is 1. The lowest BCUT2D eigenvalue weighted by Gasteiger charge is -2.28. The first-order valence-corrected chi connectivity index (χ1v) is 7.24. The van der Waals surface area contributed by atoms with Crippen molar-refractivity contribution >= 4 is 5.91 Å². The maximum atomic E-state index is 12.9. The Hall–Kier alpha value is -1.38. The van der Waals surface area contributed by atoms with Gasteiger partial charge in [-0.15, -0.1) is 0 Å². The van der Waals surface area contributed by atoms with Crippen molar-refractivity contribution in [3.05, 3.63) is 35.6 Å². The molecule has 2 nitrogen and oxygen atoms in total. The molecule has 3 heteroatoms. The molecule has 0 aromatic heterocycles. The summed E-state index contributed by atoms with van der Waals surface area (Å²) in [6.07, 6.45) is 5.65. The third-order valence-corrected chi connectivity index (χ3v) is 3.93. The minimum Gasteiger partial charge on any atom is -0.338 e. The van der Waals surface area contributed by atoms with E-state index in [1.54, 1.807) is 12.1 Å². The van der Waals surface area contributed by atoms with Crippen LogP contribution in [0.5, 0.6) is 0 Å². The monoisotopic (exact) mass is 263 g/mol. The maximum absolute atomic E-state index is 12.9. The molecular formula is C16H22FNO. The van der Waals surface area contributed by atoms with Crippen molar-refractivity contribution in [1.82, 2.24) is 4.90 Å². The zero-order valence-corrected chi connectivity index (χ0v) is 11.6. The summed E-state index contributed by atoms with van der Waals surface area (Å²) in [5.74, 6) is 0.242. The summed E-state index contributed by atoms with van der Waals surface area (Å²) in [6.45, 7) is 3.31. The van der Waals surface area contributed by atoms with Gasteiger partial charge in [0, 0.05) is 19.0 Å². The number of carbonyl (C=O) groups is 1. The van der Waals surface area contributed by atoms with Gasteiger partial charge in [0.05, 0.1) is 0 Å². The molecule has 0 N–H and O–H groups in total. The average Bonchev–Trinajstić information content (AvgIpc) is 2.47. The number of rotatable bonds is 4. The van der Waals surface area contributed by atoms with E-state index in [1.807, 2.05) is 11.8 Å². The van der Waals surface area contributed by atoms with Crippen LogP contribution in [0.25, 0.3) is 0 Å². The predicted octanol–water partition coefficient (Wildman–Crippen LogP) is 3.75. The van der Waals surface area contributed by atoms with E-state index in [4.69, 9.17) is 0 Å². The summed E-state index contributed by atoms with van der Waals surface area (Å²) in [7, 11) is 0. The number of halogens is 1. The van der Waals surface area contributed by atoms with Gasteiger partial charge in [-0.1, -0.05) is 31.4 Å². The zero-order chi connectivity index (χ0) is 13.7. The molecule has 19 heavy (non-hydrogen) atoms. The van der Waals surface area contributed by atoms with Crippen LogP contribution in [0.2, 0.25) is 0 Å². The van der Waals surface area contributed by atoms with Crippen LogP contribution in [0, 0.1) is 11.7 Å². The second kappa shape index (κ2) is 6.69. The Balaban J connectivity index is 1.98. The van der Waals surface area contributed by atoms with E-state index in [0.717, 1.165) is 18.4 Å². The van der Waals surface area contributed by atoms with Crippen LogP contribution in [-0.4, -0.2) is 17.4 Å². The van der Waals surface area contributed by atoms with Gasteiger partial charge in [0.1, 0.15) is 5.82 Å². The van der Waals surface area contributed by atoms with Crippen LogP contribution in [0.4, 0.5) is 4.39 Å². The zero-order valence-electron chi connectivity index (χ0n) is 11.6. The molecule has 0 atom stereocenters. The van der Waals surface area contributed by atoms with Crippen molar-refractivity contribution in [1.29, 1.82) is 0 Å². The minimum atomic E-state index is -0.231. The lowest BCUT2D eigenvalue weighted by molar-refractivity contribution is -0.137. The van der Waals surface area contributed by atoms with E-state index >= 15 is 0 Å². The highest BCUT2D eigenvalue weighted by Crippen LogP contribution is 2.26. The van der Waals surface area contributed by atoms with E-state index in [2.05, 4.69) is 0 Å². The second-order valence-electron chi connectivity index (χ2n) is 5.31. The quantitative estimate of drug-likeness (QED) is 0.810. The highest BCUT2D eigenvalue weighted by Gasteiger charge is 2.25. The summed E-state index contributed by atoms with van der Waals surface area (Å²) in [6, 6.07) is 6.42. The van der Waals surface area contributed by atoms with Gasteiger partial charge in [0.15, 0.2) is 0 Å². The molecule has 0 bridgehead atoms. The normalized spacial score (nSPS) is 16.3. The third kappa shape index (κ3) is 3.79. The molecule has 1 aromatic carbocycles. The molecular weight excluding hydrogens is 241 g/mol. The van der Waals surface area contributed by atoms with E-state index in [-0.39, 0.29) is 17.6 Å². The fourth-order valence-corrected chi connectivity index (χ4v) is 2.76. The van der Waals surface area contributed by atoms with Gasteiger partial charge in [-0.2, -0.15) is 0 Å². The van der Waals surface area contributed by atoms with E-state index in [0.29, 0.717) is 13.1 Å². The van der Waals surface area contributed by atoms with Crippen molar-refractivity contribution in [2.75, 3.05) is 6.54 Å². The SMILES string of the molecule is CCN(Cc1ccc(F)cc1)C(=O)C1CCCCC1. The van der Waals surface area contributed by atoms with Crippen LogP contribution >= 0.6 is 0 Å². The molecule has 104 valence electrons. The van der Waals surface area contributed by atoms with Crippen molar-refractivity contribution in [3.63, 3.8) is 0 Å². The lowest BCUT2D eigenvalue weighted by atomic mass is 9.88. The Morgan fingerprint density at radius 1 is 1.21 bits per heavy atom. The summed E-state index contributed by atoms with van der Waals surface area (Å²) in [5, 5.41) is 0. The molecule has 0 aliphatic heterocycles. The smallest absolute Gasteiger partial charge is 0.225 e. The van der Waals surface area contributed by atoms with Gasteiger partial charge in [0.2, 0.25) is 5.91 Å². The molecule has 0 heterocycles. The Kier molecular flexibility index (Phi) is 4.94. The summed E-state index contributed by atoms with van der Waals surface area (Å²) < 4.78 is 12.9. The van der Waals surface area contributed by atoms with Gasteiger partial charge in [-0.05, 0) is 37.5 Å². The molecule has 1 aliphatic carbocycles. The second-order valence-corrected chi connectivity index (χ2v) is 5.31. The van der Waals surface area contributed by atoms with Crippen LogP contribution in [0.15, 0.2) is 24.3 Å². The van der Waals surface area contributed by atoms with Gasteiger partial charge < -0.3 is 4.90 Å². The fraction of sp³-hybridized carbons (Fsp3) is 0.562. The van der Waals surface area contributed by atoms with Crippen molar-refractivity contribution in [2.45, 2.75) is 45.6 Å². The molecule has 1 aromatic rings. The molecule has 1 saturated carbocycles. The first-order valence-electron chi connectivity index (χ1n) is 7.24. The average molecular weight is 263 g/mol. The fourth-order valence-electron chi connectivity index (χ4n) is 2.76. The highest BCUT2D eigenvalue weighted by molar-refractivity contribution is 5.78. The van der Waals surface area contributed by atoms with Gasteiger partial charge in [0.25, 0.3) is 0 Å². The van der Waals surface area contributed by atoms with E-state index in [1.165, 1.54) is 31.4 Å². The van der Waals surface area contributed by atoms with Crippen LogP contribution in [0.3, 0.4) is 0 Å². The van der Waals surface area contributed by atoms with Crippen LogP contribution in [0.1, 0.15) is 44.6 Å². The summed E-state index contributed by atoms with van der Waals surface area (Å²) in [5.41, 5.74) is 0.993. The van der Waals surface area contributed by atoms with Gasteiger partial charge in [-0.3, -0.25) is 4.79 Å². The number of nitrogens with zero attached hydrogens (tertiary/aromatic N) is 1. The van der Waals surface area contributed by atoms with E-state index in [9.17, 15) is 9.18 Å². The number of hydrogen-bond acceptors (Lipinski definition) is 1. The first-order chi connectivity index (χ1) is 9.20. The lowest BCUT2D eigenvalue weighted by Crippen LogP contribution is -2.36. The number of hydrogen-bond donors (Lipinski definition) is 0. The van der Waals surface area contributed by atoms with Crippen LogP contribution < -0.4 is 0 Å². The first kappa shape index (κ1) is 14.0. The Morgan fingerprint density at radius 2 is 1.84 bits per heavy atom. The number of carbonyl (C=O) groups excluding carboxylic acids is 1. The van der Waals surface area contributed by atoms with Gasteiger partial charge in [-0.25, -0.2) is 4.39 Å². The highest BCUT2D eigenvalue weighted by atomic mass is 19.1. The summed E-state index contributed by atoms with van der Waals surface area (Å²) >= 11 is 0. The molecule has 0 radical (unpaired) electrons. The molecule has 0 spiro atoms. The largest absolute Gasteiger partial charge is 0.338 e. The predicted molar refractivity (Wildman–Crippen MR) is 74.1 cm³/mol. The topological polar surface area (TPSA) is 20.3 Å². The molecule has 0 unspecified atom stereocenters. The van der Waals surface area contributed by atoms with Crippen molar-refractivity contribution < 1.29 is 9.18 Å². The Bertz CT molecular complexity index is 409. The summed E-state index contributed by atoms with van der Waals surface area (Å²) in [4.78, 5) is 14.3. The Morgan fingerprint density at radius 3 is 2.42 bits per heavy atom. The molecule has 2 rings (SSSR count). The standard InChI is InChI=1S/C16H22FNO/c1-2-18(12-13-8-10-15(17)11-9-13)16(19)14-6-4-3-5-7-14/h8-11,14H,2-7,12H2,1H3. The van der Waals surface area contributed by atoms with E-state index < -0.39 is 0 Å². The Labute approximate surface area is 114 Å². The maximum Gasteiger partial charge on any atom is 0.225 e. The molecule has 1 amide bonds. The third-order valence-electron chi connectivity index (χ3n) is 3.93.